The van der Waals surface area contributed by atoms with Crippen molar-refractivity contribution >= 4 is 16.9 Å². The predicted molar refractivity (Wildman–Crippen MR) is 137 cm³/mol. The summed E-state index contributed by atoms with van der Waals surface area (Å²) in [5, 5.41) is 6.35. The average Bonchev–Trinajstić information content (AvgIpc) is 2.95. The third-order valence-corrected chi connectivity index (χ3v) is 6.99. The molecule has 2 aromatic heterocycles. The molecule has 0 aliphatic carbocycles. The number of nitrogens with zero attached hydrogens (tertiary/aromatic N) is 4. The normalized spacial score (nSPS) is 19.5. The van der Waals surface area contributed by atoms with Crippen molar-refractivity contribution in [1.82, 2.24) is 30.1 Å². The van der Waals surface area contributed by atoms with Crippen molar-refractivity contribution in [3.8, 4) is 17.2 Å². The molecule has 1 aromatic carbocycles. The highest BCUT2D eigenvalue weighted by atomic mass is 16.6. The standard InChI is InChI=1S/C26H32N6O5/c1-27-26(34)22-11-17(28-14-18-12-23-24(15-29-18)37-10-9-36-23)5-6-31(22)7-8-32-21-13-19(35-2)3-4-20(21)30-16-25(32)33/h3-4,12-13,15-17,22,28H,5-11,14H2,1-2H3,(H,27,34). The summed E-state index contributed by atoms with van der Waals surface area (Å²) in [7, 11) is 3.25. The molecule has 0 radical (unpaired) electrons. The van der Waals surface area contributed by atoms with E-state index in [1.165, 1.54) is 6.20 Å². The Morgan fingerprint density at radius 2 is 1.97 bits per heavy atom. The van der Waals surface area contributed by atoms with Crippen molar-refractivity contribution in [2.24, 2.45) is 0 Å². The highest BCUT2D eigenvalue weighted by Gasteiger charge is 2.32. The maximum absolute atomic E-state index is 12.8. The number of piperidine rings is 1. The maximum atomic E-state index is 12.8. The number of benzene rings is 1. The van der Waals surface area contributed by atoms with Gasteiger partial charge in [0.1, 0.15) is 19.0 Å². The Balaban J connectivity index is 1.25. The van der Waals surface area contributed by atoms with E-state index >= 15 is 0 Å². The van der Waals surface area contributed by atoms with E-state index in [2.05, 4.69) is 25.5 Å². The summed E-state index contributed by atoms with van der Waals surface area (Å²) in [6, 6.07) is 7.24. The molecule has 2 aliphatic heterocycles. The first-order chi connectivity index (χ1) is 18.1. The summed E-state index contributed by atoms with van der Waals surface area (Å²) in [5.74, 6) is 2.02. The number of fused-ring (bicyclic) bond motifs is 2. The quantitative estimate of drug-likeness (QED) is 0.458. The number of likely N-dealkylation sites (N-methyl/N-ethyl adjacent to an activating group) is 1. The van der Waals surface area contributed by atoms with E-state index in [4.69, 9.17) is 14.2 Å². The summed E-state index contributed by atoms with van der Waals surface area (Å²) < 4.78 is 18.2. The van der Waals surface area contributed by atoms with Crippen molar-refractivity contribution < 1.29 is 19.0 Å². The summed E-state index contributed by atoms with van der Waals surface area (Å²) in [6.07, 6.45) is 4.57. The van der Waals surface area contributed by atoms with E-state index in [0.717, 1.165) is 24.2 Å². The minimum absolute atomic E-state index is 0.0300. The number of pyridine rings is 1. The number of carbonyl (C=O) groups excluding carboxylic acids is 1. The highest BCUT2D eigenvalue weighted by Crippen LogP contribution is 2.29. The topological polar surface area (TPSA) is 120 Å². The number of ether oxygens (including phenoxy) is 3. The smallest absolute Gasteiger partial charge is 0.269 e. The van der Waals surface area contributed by atoms with Gasteiger partial charge >= 0.3 is 0 Å². The maximum Gasteiger partial charge on any atom is 0.269 e. The number of aromatic nitrogens is 3. The molecule has 1 fully saturated rings. The van der Waals surface area contributed by atoms with Crippen LogP contribution in [0.5, 0.6) is 17.2 Å². The number of carbonyl (C=O) groups is 1. The van der Waals surface area contributed by atoms with Crippen LogP contribution in [0.15, 0.2) is 41.5 Å². The van der Waals surface area contributed by atoms with Gasteiger partial charge in [-0.3, -0.25) is 19.5 Å². The molecule has 2 N–H and O–H groups in total. The van der Waals surface area contributed by atoms with Gasteiger partial charge in [-0.1, -0.05) is 0 Å². The van der Waals surface area contributed by atoms with E-state index in [-0.39, 0.29) is 23.6 Å². The van der Waals surface area contributed by atoms with Gasteiger partial charge in [-0.2, -0.15) is 0 Å². The van der Waals surface area contributed by atoms with Gasteiger partial charge < -0.3 is 29.4 Å². The predicted octanol–water partition coefficient (Wildman–Crippen LogP) is 0.940. The fraction of sp³-hybridized carbons (Fsp3) is 0.462. The van der Waals surface area contributed by atoms with Crippen LogP contribution in [0.25, 0.3) is 11.0 Å². The minimum Gasteiger partial charge on any atom is -0.497 e. The average molecular weight is 509 g/mol. The summed E-state index contributed by atoms with van der Waals surface area (Å²) in [4.78, 5) is 36.4. The molecule has 1 amide bonds. The Kier molecular flexibility index (Phi) is 7.52. The van der Waals surface area contributed by atoms with Gasteiger partial charge in [0.2, 0.25) is 5.91 Å². The molecule has 3 aromatic rings. The summed E-state index contributed by atoms with van der Waals surface area (Å²) >= 11 is 0. The fourth-order valence-electron chi connectivity index (χ4n) is 4.97. The Labute approximate surface area is 214 Å². The second-order valence-electron chi connectivity index (χ2n) is 9.19. The van der Waals surface area contributed by atoms with Crippen LogP contribution in [0.1, 0.15) is 18.5 Å². The molecular formula is C26H32N6O5. The molecule has 1 saturated heterocycles. The lowest BCUT2D eigenvalue weighted by Gasteiger charge is -2.38. The van der Waals surface area contributed by atoms with E-state index < -0.39 is 0 Å². The second-order valence-corrected chi connectivity index (χ2v) is 9.19. The van der Waals surface area contributed by atoms with Crippen LogP contribution in [0.3, 0.4) is 0 Å². The number of hydrogen-bond donors (Lipinski definition) is 2. The summed E-state index contributed by atoms with van der Waals surface area (Å²) in [6.45, 7) is 3.37. The van der Waals surface area contributed by atoms with E-state index in [1.54, 1.807) is 24.9 Å². The van der Waals surface area contributed by atoms with Crippen LogP contribution in [-0.4, -0.2) is 77.9 Å². The van der Waals surface area contributed by atoms with Crippen molar-refractivity contribution in [3.05, 3.63) is 52.7 Å². The molecule has 0 saturated carbocycles. The molecule has 11 heteroatoms. The molecule has 196 valence electrons. The monoisotopic (exact) mass is 508 g/mol. The van der Waals surface area contributed by atoms with Gasteiger partial charge in [0.05, 0.1) is 42.3 Å². The minimum atomic E-state index is -0.303. The first kappa shape index (κ1) is 25.0. The third kappa shape index (κ3) is 5.52. The van der Waals surface area contributed by atoms with Gasteiger partial charge in [-0.05, 0) is 25.0 Å². The van der Waals surface area contributed by atoms with E-state index in [1.807, 2.05) is 24.3 Å². The number of rotatable bonds is 8. The van der Waals surface area contributed by atoms with Crippen LogP contribution >= 0.6 is 0 Å². The summed E-state index contributed by atoms with van der Waals surface area (Å²) in [5.41, 5.74) is 2.12. The number of hydrogen-bond acceptors (Lipinski definition) is 9. The second kappa shape index (κ2) is 11.1. The van der Waals surface area contributed by atoms with Gasteiger partial charge in [0, 0.05) is 51.4 Å². The largest absolute Gasteiger partial charge is 0.497 e. The molecule has 2 aliphatic rings. The van der Waals surface area contributed by atoms with Gasteiger partial charge in [-0.25, -0.2) is 4.98 Å². The van der Waals surface area contributed by atoms with Crippen LogP contribution < -0.4 is 30.4 Å². The lowest BCUT2D eigenvalue weighted by molar-refractivity contribution is -0.127. The lowest BCUT2D eigenvalue weighted by atomic mass is 9.96. The zero-order valence-electron chi connectivity index (χ0n) is 21.1. The Bertz CT molecular complexity index is 1330. The molecule has 2 unspecified atom stereocenters. The third-order valence-electron chi connectivity index (χ3n) is 6.99. The molecule has 0 spiro atoms. The first-order valence-electron chi connectivity index (χ1n) is 12.5. The zero-order chi connectivity index (χ0) is 25.8. The Morgan fingerprint density at radius 3 is 2.78 bits per heavy atom. The van der Waals surface area contributed by atoms with E-state index in [0.29, 0.717) is 62.0 Å². The number of nitrogens with one attached hydrogen (secondary N) is 2. The first-order valence-corrected chi connectivity index (χ1v) is 12.5. The van der Waals surface area contributed by atoms with Crippen LogP contribution in [0, 0.1) is 0 Å². The molecule has 37 heavy (non-hydrogen) atoms. The molecule has 4 heterocycles. The van der Waals surface area contributed by atoms with E-state index in [9.17, 15) is 9.59 Å². The van der Waals surface area contributed by atoms with Crippen molar-refractivity contribution in [3.63, 3.8) is 0 Å². The van der Waals surface area contributed by atoms with Crippen molar-refractivity contribution in [2.75, 3.05) is 40.5 Å². The fourth-order valence-corrected chi connectivity index (χ4v) is 4.97. The van der Waals surface area contributed by atoms with Gasteiger partial charge in [0.15, 0.2) is 11.5 Å². The molecule has 5 rings (SSSR count). The molecule has 0 bridgehead atoms. The van der Waals surface area contributed by atoms with Gasteiger partial charge in [0.25, 0.3) is 5.56 Å². The number of likely N-dealkylation sites (tertiary alicyclic amines) is 1. The zero-order valence-corrected chi connectivity index (χ0v) is 21.1. The SMILES string of the molecule is CNC(=O)C1CC(NCc2cc3c(cn2)OCCO3)CCN1CCn1c(=O)cnc2ccc(OC)cc21. The number of methoxy groups -OCH3 is 1. The highest BCUT2D eigenvalue weighted by molar-refractivity contribution is 5.81. The Morgan fingerprint density at radius 1 is 1.14 bits per heavy atom. The molecule has 11 nitrogen and oxygen atoms in total. The van der Waals surface area contributed by atoms with Gasteiger partial charge in [-0.15, -0.1) is 0 Å². The molecular weight excluding hydrogens is 476 g/mol. The molecule has 2 atom stereocenters. The van der Waals surface area contributed by atoms with Crippen molar-refractivity contribution in [2.45, 2.75) is 38.0 Å². The van der Waals surface area contributed by atoms with Crippen LogP contribution in [0.2, 0.25) is 0 Å². The van der Waals surface area contributed by atoms with Crippen LogP contribution in [0.4, 0.5) is 0 Å². The Hall–Kier alpha value is -3.70. The number of amides is 1. The van der Waals surface area contributed by atoms with Crippen LogP contribution in [-0.2, 0) is 17.9 Å². The lowest BCUT2D eigenvalue weighted by Crippen LogP contribution is -2.55. The van der Waals surface area contributed by atoms with Crippen molar-refractivity contribution in [1.29, 1.82) is 0 Å².